The van der Waals surface area contributed by atoms with Crippen LogP contribution in [0.3, 0.4) is 0 Å². The van der Waals surface area contributed by atoms with Crippen molar-refractivity contribution >= 4 is 5.97 Å². The zero-order valence-corrected chi connectivity index (χ0v) is 8.09. The molecule has 3 heteroatoms. The first-order valence-corrected chi connectivity index (χ1v) is 4.42. The molecule has 1 rings (SSSR count). The second-order valence-corrected chi connectivity index (χ2v) is 3.74. The van der Waals surface area contributed by atoms with Gasteiger partial charge in [-0.1, -0.05) is 0 Å². The molecule has 0 unspecified atom stereocenters. The highest BCUT2D eigenvalue weighted by molar-refractivity contribution is 5.79. The molecule has 0 saturated carbocycles. The molecule has 0 aromatic rings. The van der Waals surface area contributed by atoms with E-state index in [1.165, 1.54) is 20.0 Å². The Balaban J connectivity index is 2.62. The van der Waals surface area contributed by atoms with Crippen LogP contribution in [0.2, 0.25) is 0 Å². The van der Waals surface area contributed by atoms with Crippen molar-refractivity contribution in [2.45, 2.75) is 32.2 Å². The molecule has 1 saturated heterocycles. The summed E-state index contributed by atoms with van der Waals surface area (Å²) in [6, 6.07) is 0. The Morgan fingerprint density at radius 1 is 1.33 bits per heavy atom. The SMILES string of the molecule is COC(=O)C(C)(C)N1CCCC1. The van der Waals surface area contributed by atoms with E-state index in [4.69, 9.17) is 4.74 Å². The normalized spacial score (nSPS) is 19.6. The Bertz CT molecular complexity index is 171. The van der Waals surface area contributed by atoms with E-state index in [2.05, 4.69) is 4.90 Å². The highest BCUT2D eigenvalue weighted by Crippen LogP contribution is 2.21. The third-order valence-corrected chi connectivity index (χ3v) is 2.58. The van der Waals surface area contributed by atoms with E-state index in [1.807, 2.05) is 13.8 Å². The van der Waals surface area contributed by atoms with Crippen molar-refractivity contribution in [2.24, 2.45) is 0 Å². The lowest BCUT2D eigenvalue weighted by Crippen LogP contribution is -2.49. The molecule has 0 aromatic carbocycles. The maximum atomic E-state index is 11.4. The quantitative estimate of drug-likeness (QED) is 0.581. The summed E-state index contributed by atoms with van der Waals surface area (Å²) in [4.78, 5) is 13.5. The van der Waals surface area contributed by atoms with Gasteiger partial charge in [-0.2, -0.15) is 0 Å². The molecule has 0 spiro atoms. The Morgan fingerprint density at radius 3 is 2.25 bits per heavy atom. The fourth-order valence-corrected chi connectivity index (χ4v) is 1.66. The van der Waals surface area contributed by atoms with Gasteiger partial charge in [0.05, 0.1) is 7.11 Å². The number of methoxy groups -OCH3 is 1. The third kappa shape index (κ3) is 1.61. The Labute approximate surface area is 73.7 Å². The smallest absolute Gasteiger partial charge is 0.325 e. The first-order valence-electron chi connectivity index (χ1n) is 4.42. The van der Waals surface area contributed by atoms with E-state index in [-0.39, 0.29) is 5.97 Å². The Kier molecular flexibility index (Phi) is 2.73. The Hall–Kier alpha value is -0.570. The van der Waals surface area contributed by atoms with Gasteiger partial charge in [0.1, 0.15) is 5.54 Å². The molecule has 12 heavy (non-hydrogen) atoms. The maximum Gasteiger partial charge on any atom is 0.325 e. The molecule has 0 amide bonds. The standard InChI is InChI=1S/C9H17NO2/c1-9(2,8(11)12-3)10-6-4-5-7-10/h4-7H2,1-3H3. The molecule has 1 aliphatic rings. The molecular weight excluding hydrogens is 154 g/mol. The van der Waals surface area contributed by atoms with E-state index in [0.29, 0.717) is 0 Å². The van der Waals surface area contributed by atoms with Crippen LogP contribution in [0.5, 0.6) is 0 Å². The number of hydrogen-bond donors (Lipinski definition) is 0. The van der Waals surface area contributed by atoms with E-state index >= 15 is 0 Å². The number of carbonyl (C=O) groups is 1. The van der Waals surface area contributed by atoms with Crippen LogP contribution in [0.1, 0.15) is 26.7 Å². The van der Waals surface area contributed by atoms with Gasteiger partial charge in [0.25, 0.3) is 0 Å². The van der Waals surface area contributed by atoms with Crippen LogP contribution in [-0.2, 0) is 9.53 Å². The monoisotopic (exact) mass is 171 g/mol. The molecule has 0 aliphatic carbocycles. The van der Waals surface area contributed by atoms with Crippen molar-refractivity contribution in [3.8, 4) is 0 Å². The van der Waals surface area contributed by atoms with Crippen molar-refractivity contribution in [3.05, 3.63) is 0 Å². The molecule has 3 nitrogen and oxygen atoms in total. The second-order valence-electron chi connectivity index (χ2n) is 3.74. The number of likely N-dealkylation sites (tertiary alicyclic amines) is 1. The highest BCUT2D eigenvalue weighted by atomic mass is 16.5. The summed E-state index contributed by atoms with van der Waals surface area (Å²) < 4.78 is 4.75. The zero-order chi connectivity index (χ0) is 9.19. The van der Waals surface area contributed by atoms with Crippen molar-refractivity contribution < 1.29 is 9.53 Å². The summed E-state index contributed by atoms with van der Waals surface area (Å²) >= 11 is 0. The summed E-state index contributed by atoms with van der Waals surface area (Å²) in [6.07, 6.45) is 2.39. The average molecular weight is 171 g/mol. The number of nitrogens with zero attached hydrogens (tertiary/aromatic N) is 1. The van der Waals surface area contributed by atoms with Gasteiger partial charge in [0.2, 0.25) is 0 Å². The van der Waals surface area contributed by atoms with Crippen molar-refractivity contribution in [3.63, 3.8) is 0 Å². The van der Waals surface area contributed by atoms with Crippen LogP contribution >= 0.6 is 0 Å². The number of hydrogen-bond acceptors (Lipinski definition) is 3. The predicted octanol–water partition coefficient (Wildman–Crippen LogP) is 1.03. The van der Waals surface area contributed by atoms with Gasteiger partial charge in [-0.25, -0.2) is 0 Å². The fraction of sp³-hybridized carbons (Fsp3) is 0.889. The van der Waals surface area contributed by atoms with Gasteiger partial charge >= 0.3 is 5.97 Å². The second kappa shape index (κ2) is 3.44. The lowest BCUT2D eigenvalue weighted by Gasteiger charge is -2.32. The molecule has 1 heterocycles. The summed E-state index contributed by atoms with van der Waals surface area (Å²) in [5.41, 5.74) is -0.439. The first-order chi connectivity index (χ1) is 5.59. The molecule has 0 radical (unpaired) electrons. The molecule has 0 N–H and O–H groups in total. The number of esters is 1. The summed E-state index contributed by atoms with van der Waals surface area (Å²) in [6.45, 7) is 5.87. The molecule has 70 valence electrons. The van der Waals surface area contributed by atoms with Crippen LogP contribution in [0.4, 0.5) is 0 Å². The van der Waals surface area contributed by atoms with Crippen LogP contribution in [-0.4, -0.2) is 36.6 Å². The van der Waals surface area contributed by atoms with Gasteiger partial charge in [0, 0.05) is 0 Å². The number of rotatable bonds is 2. The minimum Gasteiger partial charge on any atom is -0.468 e. The predicted molar refractivity (Wildman–Crippen MR) is 46.9 cm³/mol. The Morgan fingerprint density at radius 2 is 1.83 bits per heavy atom. The first kappa shape index (κ1) is 9.52. The van der Waals surface area contributed by atoms with Gasteiger partial charge in [0.15, 0.2) is 0 Å². The summed E-state index contributed by atoms with van der Waals surface area (Å²) in [5, 5.41) is 0. The molecule has 0 aromatic heterocycles. The zero-order valence-electron chi connectivity index (χ0n) is 8.09. The van der Waals surface area contributed by atoms with Gasteiger partial charge in [-0.3, -0.25) is 9.69 Å². The van der Waals surface area contributed by atoms with E-state index in [1.54, 1.807) is 0 Å². The molecule has 0 atom stereocenters. The average Bonchev–Trinajstić information content (AvgIpc) is 2.55. The number of carbonyl (C=O) groups excluding carboxylic acids is 1. The maximum absolute atomic E-state index is 11.4. The van der Waals surface area contributed by atoms with Crippen LogP contribution in [0.25, 0.3) is 0 Å². The molecule has 1 fully saturated rings. The van der Waals surface area contributed by atoms with E-state index < -0.39 is 5.54 Å². The fourth-order valence-electron chi connectivity index (χ4n) is 1.66. The highest BCUT2D eigenvalue weighted by Gasteiger charge is 2.36. The summed E-state index contributed by atoms with van der Waals surface area (Å²) in [7, 11) is 1.44. The minimum atomic E-state index is -0.439. The lowest BCUT2D eigenvalue weighted by atomic mass is 10.0. The van der Waals surface area contributed by atoms with Gasteiger partial charge in [-0.15, -0.1) is 0 Å². The third-order valence-electron chi connectivity index (χ3n) is 2.58. The molecule has 1 aliphatic heterocycles. The van der Waals surface area contributed by atoms with E-state index in [0.717, 1.165) is 13.1 Å². The summed E-state index contributed by atoms with van der Waals surface area (Å²) in [5.74, 6) is -0.135. The van der Waals surface area contributed by atoms with Crippen molar-refractivity contribution in [2.75, 3.05) is 20.2 Å². The van der Waals surface area contributed by atoms with Gasteiger partial charge < -0.3 is 4.74 Å². The van der Waals surface area contributed by atoms with Crippen molar-refractivity contribution in [1.29, 1.82) is 0 Å². The number of ether oxygens (including phenoxy) is 1. The van der Waals surface area contributed by atoms with Crippen LogP contribution in [0, 0.1) is 0 Å². The molecular formula is C9H17NO2. The van der Waals surface area contributed by atoms with Crippen LogP contribution < -0.4 is 0 Å². The topological polar surface area (TPSA) is 29.5 Å². The van der Waals surface area contributed by atoms with E-state index in [9.17, 15) is 4.79 Å². The largest absolute Gasteiger partial charge is 0.468 e. The van der Waals surface area contributed by atoms with Crippen LogP contribution in [0.15, 0.2) is 0 Å². The van der Waals surface area contributed by atoms with Gasteiger partial charge in [-0.05, 0) is 39.8 Å². The molecule has 0 bridgehead atoms. The lowest BCUT2D eigenvalue weighted by molar-refractivity contribution is -0.152. The minimum absolute atomic E-state index is 0.135. The van der Waals surface area contributed by atoms with Crippen molar-refractivity contribution in [1.82, 2.24) is 4.90 Å².